The summed E-state index contributed by atoms with van der Waals surface area (Å²) >= 11 is 0. The Labute approximate surface area is 309 Å². The molecule has 8 nitrogen and oxygen atoms in total. The number of benzene rings is 1. The zero-order chi connectivity index (χ0) is 38.3. The molecule has 3 N–H and O–H groups in total. The van der Waals surface area contributed by atoms with Gasteiger partial charge in [0, 0.05) is 44.4 Å². The third-order valence-electron chi connectivity index (χ3n) is 8.63. The summed E-state index contributed by atoms with van der Waals surface area (Å²) in [6.45, 7) is 2.44. The number of pyridine rings is 2. The number of carbonyl (C=O) groups is 1. The third-order valence-corrected chi connectivity index (χ3v) is 8.63. The Hall–Kier alpha value is -3.87. The quantitative estimate of drug-likeness (QED) is 0.196. The zero-order valence-corrected chi connectivity index (χ0v) is 30.2. The monoisotopic (exact) mass is 832 g/mol. The lowest BCUT2D eigenvalue weighted by Gasteiger charge is -2.42. The second-order valence-electron chi connectivity index (χ2n) is 12.9. The van der Waals surface area contributed by atoms with Crippen LogP contribution in [0.25, 0.3) is 0 Å². The molecule has 5 rings (SSSR count). The number of hydrogen-bond donors (Lipinski definition) is 3. The van der Waals surface area contributed by atoms with Gasteiger partial charge in [0.05, 0.1) is 30.3 Å². The van der Waals surface area contributed by atoms with E-state index in [1.807, 2.05) is 0 Å². The Morgan fingerprint density at radius 2 is 1.34 bits per heavy atom. The van der Waals surface area contributed by atoms with Crippen LogP contribution in [0.2, 0.25) is 0 Å². The van der Waals surface area contributed by atoms with Crippen LogP contribution in [-0.4, -0.2) is 71.1 Å². The van der Waals surface area contributed by atoms with Crippen molar-refractivity contribution in [2.45, 2.75) is 69.6 Å². The van der Waals surface area contributed by atoms with Crippen molar-refractivity contribution in [2.24, 2.45) is 11.8 Å². The molecular formula is C34H39BrF10N6O2. The summed E-state index contributed by atoms with van der Waals surface area (Å²) in [7, 11) is 0. The molecule has 2 saturated heterocycles. The van der Waals surface area contributed by atoms with Crippen molar-refractivity contribution in [3.05, 3.63) is 83.7 Å². The van der Waals surface area contributed by atoms with E-state index in [2.05, 4.69) is 25.9 Å². The lowest BCUT2D eigenvalue weighted by molar-refractivity contribution is -0.138. The molecule has 53 heavy (non-hydrogen) atoms. The number of amides is 1. The summed E-state index contributed by atoms with van der Waals surface area (Å²) in [5.41, 5.74) is -0.997. The van der Waals surface area contributed by atoms with E-state index in [9.17, 15) is 48.7 Å². The standard InChI is InChI=1S/C21H22F5N3O2.C13H16F5N3.BrH/c1-14-9-20(22,23)13-29(19(30)31-12-15-5-3-2-4-6-15)17(14)11-28-18-8-7-16(10-27-18)21(24,25)26;1-8-4-12(14,15)7-21-10(8)6-20-11-3-2-9(5-19-11)13(16,17)18;/h2-8,10,14,17H,9,11-13H2,1H3,(H,27,28);2-3,5,8,10,21H,4,6-7H2,1H3,(H,19,20);1H/t14-,17?;8-,10?;/m11./s1. The van der Waals surface area contributed by atoms with Crippen LogP contribution in [0.3, 0.4) is 0 Å². The number of alkyl halides is 10. The lowest BCUT2D eigenvalue weighted by atomic mass is 9.88. The number of rotatable bonds is 8. The van der Waals surface area contributed by atoms with Crippen molar-refractivity contribution in [3.8, 4) is 0 Å². The van der Waals surface area contributed by atoms with E-state index in [1.54, 1.807) is 44.2 Å². The molecule has 3 aromatic rings. The number of hydrogen-bond acceptors (Lipinski definition) is 7. The first-order valence-corrected chi connectivity index (χ1v) is 16.2. The summed E-state index contributed by atoms with van der Waals surface area (Å²) in [6.07, 6.45) is -8.98. The fourth-order valence-corrected chi connectivity index (χ4v) is 5.86. The molecule has 1 aromatic carbocycles. The van der Waals surface area contributed by atoms with E-state index in [-0.39, 0.29) is 66.7 Å². The second-order valence-corrected chi connectivity index (χ2v) is 12.9. The molecule has 4 heterocycles. The molecule has 294 valence electrons. The molecule has 0 spiro atoms. The highest BCUT2D eigenvalue weighted by Crippen LogP contribution is 2.35. The Kier molecular flexibility index (Phi) is 14.8. The molecule has 0 bridgehead atoms. The third kappa shape index (κ3) is 13.2. The topological polar surface area (TPSA) is 91.4 Å². The van der Waals surface area contributed by atoms with Gasteiger partial charge in [-0.3, -0.25) is 4.90 Å². The maximum atomic E-state index is 14.1. The van der Waals surface area contributed by atoms with Crippen LogP contribution in [0, 0.1) is 11.8 Å². The first kappa shape index (κ1) is 43.5. The van der Waals surface area contributed by atoms with Crippen LogP contribution in [0.4, 0.5) is 60.3 Å². The van der Waals surface area contributed by atoms with Crippen LogP contribution in [0.5, 0.6) is 0 Å². The van der Waals surface area contributed by atoms with E-state index in [0.29, 0.717) is 12.7 Å². The van der Waals surface area contributed by atoms with Crippen LogP contribution < -0.4 is 16.0 Å². The number of aromatic nitrogens is 2. The van der Waals surface area contributed by atoms with Crippen molar-refractivity contribution in [3.63, 3.8) is 0 Å². The SMILES string of the molecule is Br.C[C@@H]1CC(F)(F)CN(C(=O)OCc2ccccc2)C1CNc1ccc(C(F)(F)F)cn1.C[C@@H]1CC(F)(F)CNC1CNc1ccc(C(F)(F)F)cn1. The number of likely N-dealkylation sites (tertiary alicyclic amines) is 1. The smallest absolute Gasteiger partial charge is 0.417 e. The van der Waals surface area contributed by atoms with E-state index in [4.69, 9.17) is 4.74 Å². The van der Waals surface area contributed by atoms with E-state index >= 15 is 0 Å². The van der Waals surface area contributed by atoms with Gasteiger partial charge in [0.2, 0.25) is 0 Å². The van der Waals surface area contributed by atoms with Gasteiger partial charge in [0.25, 0.3) is 11.8 Å². The maximum absolute atomic E-state index is 14.1. The van der Waals surface area contributed by atoms with Crippen molar-refractivity contribution >= 4 is 34.7 Å². The lowest BCUT2D eigenvalue weighted by Crippen LogP contribution is -2.57. The van der Waals surface area contributed by atoms with Crippen molar-refractivity contribution < 1.29 is 53.4 Å². The van der Waals surface area contributed by atoms with E-state index in [0.717, 1.165) is 34.9 Å². The number of nitrogens with one attached hydrogen (secondary N) is 3. The average Bonchev–Trinajstić information content (AvgIpc) is 3.06. The van der Waals surface area contributed by atoms with Gasteiger partial charge >= 0.3 is 18.4 Å². The predicted molar refractivity (Wildman–Crippen MR) is 182 cm³/mol. The van der Waals surface area contributed by atoms with Crippen LogP contribution in [0.1, 0.15) is 43.4 Å². The minimum absolute atomic E-state index is 0. The van der Waals surface area contributed by atoms with Gasteiger partial charge in [-0.1, -0.05) is 44.2 Å². The van der Waals surface area contributed by atoms with E-state index in [1.165, 1.54) is 6.07 Å². The molecule has 1 amide bonds. The summed E-state index contributed by atoms with van der Waals surface area (Å²) in [5.74, 6) is -6.15. The van der Waals surface area contributed by atoms with E-state index < -0.39 is 66.3 Å². The molecular weight excluding hydrogens is 794 g/mol. The molecule has 2 aliphatic heterocycles. The summed E-state index contributed by atoms with van der Waals surface area (Å²) in [6, 6.07) is 12.2. The summed E-state index contributed by atoms with van der Waals surface area (Å²) < 4.78 is 135. The van der Waals surface area contributed by atoms with Gasteiger partial charge in [-0.05, 0) is 41.7 Å². The number of piperidine rings is 2. The first-order chi connectivity index (χ1) is 24.2. The Morgan fingerprint density at radius 1 is 0.811 bits per heavy atom. The zero-order valence-electron chi connectivity index (χ0n) is 28.5. The Morgan fingerprint density at radius 3 is 1.83 bits per heavy atom. The van der Waals surface area contributed by atoms with Gasteiger partial charge in [0.1, 0.15) is 18.2 Å². The molecule has 2 aliphatic rings. The molecule has 0 aliphatic carbocycles. The fraction of sp³-hybridized carbons (Fsp3) is 0.500. The van der Waals surface area contributed by atoms with Crippen LogP contribution >= 0.6 is 17.0 Å². The summed E-state index contributed by atoms with van der Waals surface area (Å²) in [4.78, 5) is 21.0. The van der Waals surface area contributed by atoms with Crippen molar-refractivity contribution in [2.75, 3.05) is 36.8 Å². The Bertz CT molecular complexity index is 1580. The fourth-order valence-electron chi connectivity index (χ4n) is 5.86. The van der Waals surface area contributed by atoms with Crippen LogP contribution in [0.15, 0.2) is 67.0 Å². The number of carbonyl (C=O) groups excluding carboxylic acids is 1. The van der Waals surface area contributed by atoms with Gasteiger partial charge in [-0.25, -0.2) is 32.3 Å². The number of nitrogens with zero attached hydrogens (tertiary/aromatic N) is 3. The Balaban J connectivity index is 0.000000301. The molecule has 4 atom stereocenters. The number of halogens is 11. The normalized spacial score (nSPS) is 22.4. The highest BCUT2D eigenvalue weighted by molar-refractivity contribution is 8.93. The molecule has 0 saturated carbocycles. The number of anilines is 2. The van der Waals surface area contributed by atoms with Gasteiger partial charge < -0.3 is 20.7 Å². The first-order valence-electron chi connectivity index (χ1n) is 16.2. The van der Waals surface area contributed by atoms with Gasteiger partial charge in [0.15, 0.2) is 0 Å². The summed E-state index contributed by atoms with van der Waals surface area (Å²) in [5, 5.41) is 8.45. The predicted octanol–water partition coefficient (Wildman–Crippen LogP) is 8.92. The van der Waals surface area contributed by atoms with Gasteiger partial charge in [-0.15, -0.1) is 17.0 Å². The minimum atomic E-state index is -4.51. The largest absolute Gasteiger partial charge is 0.445 e. The van der Waals surface area contributed by atoms with Crippen molar-refractivity contribution in [1.29, 1.82) is 0 Å². The minimum Gasteiger partial charge on any atom is -0.445 e. The average molecular weight is 834 g/mol. The second kappa shape index (κ2) is 18.0. The van der Waals surface area contributed by atoms with Crippen LogP contribution in [-0.2, 0) is 23.7 Å². The maximum Gasteiger partial charge on any atom is 0.417 e. The molecule has 19 heteroatoms. The molecule has 0 radical (unpaired) electrons. The molecule has 2 fully saturated rings. The highest BCUT2D eigenvalue weighted by Gasteiger charge is 2.46. The van der Waals surface area contributed by atoms with Gasteiger partial charge in [-0.2, -0.15) is 26.3 Å². The molecule has 2 aromatic heterocycles. The van der Waals surface area contributed by atoms with Crippen molar-refractivity contribution in [1.82, 2.24) is 20.2 Å². The number of ether oxygens (including phenoxy) is 1. The molecule has 2 unspecified atom stereocenters. The highest BCUT2D eigenvalue weighted by atomic mass is 79.9.